The highest BCUT2D eigenvalue weighted by atomic mass is 19.3. The Morgan fingerprint density at radius 3 is 2.23 bits per heavy atom. The van der Waals surface area contributed by atoms with Crippen molar-refractivity contribution in [2.75, 3.05) is 6.54 Å². The van der Waals surface area contributed by atoms with E-state index in [9.17, 15) is 28.3 Å². The molecule has 5 aliphatic carbocycles. The molecule has 1 amide bonds. The molecule has 0 aromatic carbocycles. The van der Waals surface area contributed by atoms with Crippen LogP contribution in [0.25, 0.3) is 0 Å². The van der Waals surface area contributed by atoms with E-state index >= 15 is 0 Å². The number of halogens is 2. The normalized spacial score (nSPS) is 45.5. The van der Waals surface area contributed by atoms with Crippen LogP contribution >= 0.6 is 0 Å². The van der Waals surface area contributed by atoms with Crippen molar-refractivity contribution < 1.29 is 28.3 Å². The number of amides is 1. The molecule has 5 fully saturated rings. The van der Waals surface area contributed by atoms with E-state index in [0.29, 0.717) is 24.0 Å². The summed E-state index contributed by atoms with van der Waals surface area (Å²) in [6.45, 7) is 20.8. The van der Waals surface area contributed by atoms with Crippen molar-refractivity contribution in [3.05, 3.63) is 12.2 Å². The number of nitrogens with two attached hydrogens (primary N) is 1. The maximum absolute atomic E-state index is 14.4. The number of hydrogen-bond acceptors (Lipinski definition) is 4. The molecule has 0 heterocycles. The fourth-order valence-electron chi connectivity index (χ4n) is 12.9. The number of ketones is 1. The van der Waals surface area contributed by atoms with E-state index in [4.69, 9.17) is 5.73 Å². The molecule has 5 saturated carbocycles. The van der Waals surface area contributed by atoms with Crippen LogP contribution in [0.15, 0.2) is 12.2 Å². The quantitative estimate of drug-likeness (QED) is 0.198. The maximum Gasteiger partial charge on any atom is 0.329 e. The molecule has 44 heavy (non-hydrogen) atoms. The molecule has 0 bridgehead atoms. The molecule has 0 aliphatic heterocycles. The molecule has 0 aromatic rings. The predicted octanol–water partition coefficient (Wildman–Crippen LogP) is 7.16. The van der Waals surface area contributed by atoms with Crippen molar-refractivity contribution in [3.8, 4) is 0 Å². The number of nitrogens with one attached hydrogen (secondary N) is 1. The SMILES string of the molecule is C=C(C)C1CCC2(C(=O)NCCCC(N)(C(=O)O)C(F)F)CC3(C)C(C)(CCC4C5(C)CCC(=O)C(C)(C)C5CCC43C)C12. The number of carbonyl (C=O) groups excluding carboxylic acids is 2. The molecule has 5 aliphatic rings. The number of fused-ring (bicyclic) bond motifs is 7. The molecule has 5 rings (SSSR count). The summed E-state index contributed by atoms with van der Waals surface area (Å²) in [5, 5.41) is 12.4. The van der Waals surface area contributed by atoms with E-state index in [1.165, 1.54) is 0 Å². The minimum absolute atomic E-state index is 0.00311. The average molecular weight is 619 g/mol. The highest BCUT2D eigenvalue weighted by Gasteiger charge is 2.79. The van der Waals surface area contributed by atoms with Crippen molar-refractivity contribution in [3.63, 3.8) is 0 Å². The first kappa shape index (κ1) is 33.5. The summed E-state index contributed by atoms with van der Waals surface area (Å²) in [5.41, 5.74) is 2.98. The van der Waals surface area contributed by atoms with Crippen LogP contribution in [0.2, 0.25) is 0 Å². The Hall–Kier alpha value is -1.83. The number of carboxylic acid groups (broad SMARTS) is 1. The summed E-state index contributed by atoms with van der Waals surface area (Å²) in [7, 11) is 0. The first-order chi connectivity index (χ1) is 20.2. The lowest BCUT2D eigenvalue weighted by atomic mass is 9.33. The number of rotatable bonds is 8. The third kappa shape index (κ3) is 4.13. The van der Waals surface area contributed by atoms with Gasteiger partial charge in [0.15, 0.2) is 5.54 Å². The zero-order valence-electron chi connectivity index (χ0n) is 28.1. The zero-order valence-corrected chi connectivity index (χ0v) is 28.1. The average Bonchev–Trinajstić information content (AvgIpc) is 3.41. The first-order valence-electron chi connectivity index (χ1n) is 17.0. The van der Waals surface area contributed by atoms with Crippen LogP contribution in [-0.2, 0) is 14.4 Å². The van der Waals surface area contributed by atoms with Crippen molar-refractivity contribution >= 4 is 17.7 Å². The van der Waals surface area contributed by atoms with Crippen LogP contribution in [0, 0.1) is 56.2 Å². The van der Waals surface area contributed by atoms with Crippen LogP contribution in [0.1, 0.15) is 119 Å². The lowest BCUT2D eigenvalue weighted by Gasteiger charge is -2.71. The number of hydrogen-bond donors (Lipinski definition) is 3. The van der Waals surface area contributed by atoms with Gasteiger partial charge in [0, 0.05) is 18.4 Å². The molecule has 0 aromatic heterocycles. The standard InChI is InChI=1S/C36H56F2N2O4/c1-21(2)22-10-18-35(28(42)40-19-9-14-36(39,27(37)38)29(43)44)20-34(8)32(6)16-11-23-30(3,4)25(41)13-15-31(23,5)24(32)12-17-33(34,7)26(22)35/h22-24,26-27H,1,9-20,39H2,2-8H3,(H,40,42)(H,43,44). The number of allylic oxidation sites excluding steroid dienone is 1. The first-order valence-corrected chi connectivity index (χ1v) is 17.0. The molecule has 4 N–H and O–H groups in total. The van der Waals surface area contributed by atoms with Crippen molar-refractivity contribution in [2.24, 2.45) is 61.9 Å². The predicted molar refractivity (Wildman–Crippen MR) is 167 cm³/mol. The lowest BCUT2D eigenvalue weighted by Crippen LogP contribution is -2.65. The highest BCUT2D eigenvalue weighted by Crippen LogP contribution is 2.83. The Balaban J connectivity index is 1.47. The minimum Gasteiger partial charge on any atom is -0.480 e. The van der Waals surface area contributed by atoms with Crippen LogP contribution < -0.4 is 11.1 Å². The van der Waals surface area contributed by atoms with E-state index < -0.39 is 29.8 Å². The Labute approximate surface area is 262 Å². The molecular weight excluding hydrogens is 562 g/mol. The molecule has 0 radical (unpaired) electrons. The van der Waals surface area contributed by atoms with Crippen molar-refractivity contribution in [1.82, 2.24) is 5.32 Å². The fraction of sp³-hybridized carbons (Fsp3) is 0.861. The van der Waals surface area contributed by atoms with Crippen LogP contribution in [0.3, 0.4) is 0 Å². The van der Waals surface area contributed by atoms with E-state index in [1.54, 1.807) is 0 Å². The second-order valence-electron chi connectivity index (χ2n) is 17.3. The van der Waals surface area contributed by atoms with Gasteiger partial charge in [-0.15, -0.1) is 0 Å². The molecule has 8 heteroatoms. The van der Waals surface area contributed by atoms with Crippen LogP contribution in [0.5, 0.6) is 0 Å². The topological polar surface area (TPSA) is 109 Å². The zero-order chi connectivity index (χ0) is 32.9. The van der Waals surface area contributed by atoms with Crippen LogP contribution in [-0.4, -0.2) is 41.3 Å². The van der Waals surface area contributed by atoms with E-state index in [1.807, 2.05) is 0 Å². The Bertz CT molecular complexity index is 1250. The molecule has 0 spiro atoms. The van der Waals surface area contributed by atoms with Gasteiger partial charge in [0.1, 0.15) is 5.78 Å². The van der Waals surface area contributed by atoms with E-state index in [0.717, 1.165) is 56.9 Å². The molecular formula is C36H56F2N2O4. The Kier molecular flexibility index (Phi) is 7.88. The lowest BCUT2D eigenvalue weighted by molar-refractivity contribution is -0.224. The summed E-state index contributed by atoms with van der Waals surface area (Å²) in [5.74, 6) is -0.179. The Morgan fingerprint density at radius 1 is 1.02 bits per heavy atom. The fourth-order valence-corrected chi connectivity index (χ4v) is 12.9. The van der Waals surface area contributed by atoms with E-state index in [-0.39, 0.29) is 57.8 Å². The largest absolute Gasteiger partial charge is 0.480 e. The van der Waals surface area contributed by atoms with Crippen molar-refractivity contribution in [1.29, 1.82) is 0 Å². The summed E-state index contributed by atoms with van der Waals surface area (Å²) in [6, 6.07) is 0. The van der Waals surface area contributed by atoms with Gasteiger partial charge < -0.3 is 16.2 Å². The van der Waals surface area contributed by atoms with Gasteiger partial charge in [-0.1, -0.05) is 53.7 Å². The third-order valence-corrected chi connectivity index (χ3v) is 15.4. The molecule has 6 nitrogen and oxygen atoms in total. The molecule has 248 valence electrons. The maximum atomic E-state index is 14.4. The molecule has 10 atom stereocenters. The van der Waals surface area contributed by atoms with Gasteiger partial charge in [0.05, 0.1) is 5.41 Å². The van der Waals surface area contributed by atoms with Gasteiger partial charge in [-0.05, 0) is 116 Å². The third-order valence-electron chi connectivity index (χ3n) is 15.4. The number of carboxylic acids is 1. The smallest absolute Gasteiger partial charge is 0.329 e. The number of Topliss-reactive ketones (excluding diaryl/α,β-unsaturated/α-hetero) is 1. The van der Waals surface area contributed by atoms with Gasteiger partial charge in [-0.2, -0.15) is 0 Å². The summed E-state index contributed by atoms with van der Waals surface area (Å²) in [4.78, 5) is 39.0. The van der Waals surface area contributed by atoms with Gasteiger partial charge in [-0.3, -0.25) is 9.59 Å². The number of carbonyl (C=O) groups is 3. The summed E-state index contributed by atoms with van der Waals surface area (Å²) in [6.07, 6.45) is 4.68. The highest BCUT2D eigenvalue weighted by molar-refractivity contribution is 5.86. The Morgan fingerprint density at radius 2 is 1.64 bits per heavy atom. The minimum atomic E-state index is -3.19. The van der Waals surface area contributed by atoms with Gasteiger partial charge in [-0.25, -0.2) is 13.6 Å². The molecule has 10 unspecified atom stereocenters. The van der Waals surface area contributed by atoms with Gasteiger partial charge >= 0.3 is 5.97 Å². The summed E-state index contributed by atoms with van der Waals surface area (Å²) >= 11 is 0. The van der Waals surface area contributed by atoms with Crippen LogP contribution in [0.4, 0.5) is 8.78 Å². The van der Waals surface area contributed by atoms with Gasteiger partial charge in [0.2, 0.25) is 5.91 Å². The van der Waals surface area contributed by atoms with Gasteiger partial charge in [0.25, 0.3) is 6.43 Å². The molecule has 0 saturated heterocycles. The van der Waals surface area contributed by atoms with Crippen molar-refractivity contribution in [2.45, 2.75) is 131 Å². The summed E-state index contributed by atoms with van der Waals surface area (Å²) < 4.78 is 26.9. The number of alkyl halides is 2. The second kappa shape index (κ2) is 10.3. The van der Waals surface area contributed by atoms with E-state index in [2.05, 4.69) is 60.4 Å². The monoisotopic (exact) mass is 618 g/mol. The second-order valence-corrected chi connectivity index (χ2v) is 17.3. The number of aliphatic carboxylic acids is 1.